The van der Waals surface area contributed by atoms with Crippen molar-refractivity contribution in [2.24, 2.45) is 5.92 Å². The van der Waals surface area contributed by atoms with Crippen LogP contribution in [-0.4, -0.2) is 33.1 Å². The molecule has 0 bridgehead atoms. The summed E-state index contributed by atoms with van der Waals surface area (Å²) in [4.78, 5) is 31.3. The van der Waals surface area contributed by atoms with Crippen LogP contribution in [0.1, 0.15) is 38.8 Å². The Morgan fingerprint density at radius 3 is 2.69 bits per heavy atom. The molecule has 4 rings (SSSR count). The maximum absolute atomic E-state index is 12.7. The van der Waals surface area contributed by atoms with Crippen molar-refractivity contribution in [3.63, 3.8) is 0 Å². The van der Waals surface area contributed by atoms with Crippen molar-refractivity contribution in [3.8, 4) is 0 Å². The molecule has 0 spiro atoms. The van der Waals surface area contributed by atoms with Crippen molar-refractivity contribution in [2.75, 3.05) is 16.8 Å². The van der Waals surface area contributed by atoms with Crippen molar-refractivity contribution >= 4 is 34.2 Å². The molecule has 1 aliphatic heterocycles. The molecule has 2 aromatic heterocycles. The second-order valence-corrected chi connectivity index (χ2v) is 7.73. The number of nitrogens with one attached hydrogen (secondary N) is 1. The highest BCUT2D eigenvalue weighted by Gasteiger charge is 2.35. The second kappa shape index (κ2) is 7.66. The van der Waals surface area contributed by atoms with Gasteiger partial charge in [0.05, 0.1) is 24.0 Å². The molecule has 1 atom stereocenters. The lowest BCUT2D eigenvalue weighted by atomic mass is 10.1. The number of rotatable bonds is 5. The molecular weight excluding hydrogens is 366 g/mol. The number of nitrogens with zero attached hydrogens (tertiary/aromatic N) is 4. The quantitative estimate of drug-likeness (QED) is 0.721. The first kappa shape index (κ1) is 19.1. The molecule has 0 radical (unpaired) electrons. The summed E-state index contributed by atoms with van der Waals surface area (Å²) >= 11 is 0. The summed E-state index contributed by atoms with van der Waals surface area (Å²) in [5.41, 5.74) is 3.46. The van der Waals surface area contributed by atoms with E-state index in [-0.39, 0.29) is 30.2 Å². The minimum atomic E-state index is -0.387. The van der Waals surface area contributed by atoms with Gasteiger partial charge >= 0.3 is 0 Å². The average Bonchev–Trinajstić information content (AvgIpc) is 3.31. The van der Waals surface area contributed by atoms with Crippen molar-refractivity contribution in [1.29, 1.82) is 0 Å². The highest BCUT2D eigenvalue weighted by Crippen LogP contribution is 2.27. The van der Waals surface area contributed by atoms with Crippen LogP contribution in [0.5, 0.6) is 0 Å². The highest BCUT2D eigenvalue weighted by atomic mass is 16.2. The number of benzene rings is 1. The maximum atomic E-state index is 12.7. The molecule has 7 heteroatoms. The Morgan fingerprint density at radius 1 is 1.24 bits per heavy atom. The normalized spacial score (nSPS) is 16.8. The summed E-state index contributed by atoms with van der Waals surface area (Å²) in [6.45, 7) is 6.57. The number of aromatic nitrogens is 3. The summed E-state index contributed by atoms with van der Waals surface area (Å²) in [5, 5.41) is 8.13. The van der Waals surface area contributed by atoms with E-state index in [2.05, 4.69) is 22.3 Å². The average molecular weight is 391 g/mol. The Labute approximate surface area is 169 Å². The Hall–Kier alpha value is -3.22. The Kier molecular flexibility index (Phi) is 5.05. The zero-order valence-corrected chi connectivity index (χ0v) is 16.9. The van der Waals surface area contributed by atoms with Gasteiger partial charge in [-0.2, -0.15) is 5.10 Å². The smallest absolute Gasteiger partial charge is 0.229 e. The van der Waals surface area contributed by atoms with Gasteiger partial charge < -0.3 is 10.2 Å². The number of pyridine rings is 1. The molecular formula is C22H25N5O2. The summed E-state index contributed by atoms with van der Waals surface area (Å²) in [6, 6.07) is 10.0. The molecule has 1 fully saturated rings. The van der Waals surface area contributed by atoms with Gasteiger partial charge in [0, 0.05) is 30.1 Å². The standard InChI is InChI=1S/C22H25N5O2/c1-4-15-5-7-19(8-6-15)26-13-17(10-20(26)28)22(29)25-18-9-16-11-24-27(14(2)3)21(16)23-12-18/h5-9,11-12,14,17H,4,10,13H2,1-3H3,(H,25,29). The number of fused-ring (bicyclic) bond motifs is 1. The van der Waals surface area contributed by atoms with E-state index in [1.807, 2.05) is 48.9 Å². The summed E-state index contributed by atoms with van der Waals surface area (Å²) in [7, 11) is 0. The molecule has 1 unspecified atom stereocenters. The highest BCUT2D eigenvalue weighted by molar-refractivity contribution is 6.03. The van der Waals surface area contributed by atoms with Crippen molar-refractivity contribution in [3.05, 3.63) is 48.3 Å². The lowest BCUT2D eigenvalue weighted by Crippen LogP contribution is -2.28. The van der Waals surface area contributed by atoms with Crippen LogP contribution in [-0.2, 0) is 16.0 Å². The SMILES string of the molecule is CCc1ccc(N2CC(C(=O)Nc3cnc4c(cnn4C(C)C)c3)CC2=O)cc1. The van der Waals surface area contributed by atoms with E-state index in [4.69, 9.17) is 0 Å². The van der Waals surface area contributed by atoms with Crippen LogP contribution in [0.4, 0.5) is 11.4 Å². The number of carbonyl (C=O) groups excluding carboxylic acids is 2. The maximum Gasteiger partial charge on any atom is 0.229 e. The van der Waals surface area contributed by atoms with Gasteiger partial charge in [0.25, 0.3) is 0 Å². The van der Waals surface area contributed by atoms with Crippen LogP contribution >= 0.6 is 0 Å². The number of amides is 2. The van der Waals surface area contributed by atoms with Crippen molar-refractivity contribution < 1.29 is 9.59 Å². The van der Waals surface area contributed by atoms with E-state index in [0.717, 1.165) is 23.1 Å². The third kappa shape index (κ3) is 3.72. The molecule has 2 amide bonds. The second-order valence-electron chi connectivity index (χ2n) is 7.73. The van der Waals surface area contributed by atoms with E-state index >= 15 is 0 Å². The molecule has 1 aliphatic rings. The van der Waals surface area contributed by atoms with E-state index in [9.17, 15) is 9.59 Å². The largest absolute Gasteiger partial charge is 0.324 e. The Bertz CT molecular complexity index is 1050. The monoisotopic (exact) mass is 391 g/mol. The third-order valence-corrected chi connectivity index (χ3v) is 5.34. The van der Waals surface area contributed by atoms with Crippen LogP contribution in [0.2, 0.25) is 0 Å². The molecule has 150 valence electrons. The van der Waals surface area contributed by atoms with E-state index in [1.165, 1.54) is 5.56 Å². The van der Waals surface area contributed by atoms with Gasteiger partial charge in [0.2, 0.25) is 11.8 Å². The number of hydrogen-bond donors (Lipinski definition) is 1. The molecule has 1 saturated heterocycles. The van der Waals surface area contributed by atoms with Gasteiger partial charge in [-0.05, 0) is 44.0 Å². The zero-order chi connectivity index (χ0) is 20.5. The first-order chi connectivity index (χ1) is 14.0. The van der Waals surface area contributed by atoms with Crippen molar-refractivity contribution in [1.82, 2.24) is 14.8 Å². The fourth-order valence-corrected chi connectivity index (χ4v) is 3.68. The molecule has 3 aromatic rings. The number of anilines is 2. The first-order valence-corrected chi connectivity index (χ1v) is 9.99. The fourth-order valence-electron chi connectivity index (χ4n) is 3.68. The van der Waals surface area contributed by atoms with Gasteiger partial charge in [-0.1, -0.05) is 19.1 Å². The molecule has 0 saturated carbocycles. The van der Waals surface area contributed by atoms with E-state index in [1.54, 1.807) is 17.3 Å². The van der Waals surface area contributed by atoms with Crippen LogP contribution < -0.4 is 10.2 Å². The molecule has 3 heterocycles. The molecule has 7 nitrogen and oxygen atoms in total. The van der Waals surface area contributed by atoms with Gasteiger partial charge in [-0.15, -0.1) is 0 Å². The third-order valence-electron chi connectivity index (χ3n) is 5.34. The Morgan fingerprint density at radius 2 is 2.00 bits per heavy atom. The Balaban J connectivity index is 1.46. The molecule has 1 aromatic carbocycles. The van der Waals surface area contributed by atoms with Gasteiger partial charge in [-0.3, -0.25) is 9.59 Å². The van der Waals surface area contributed by atoms with Crippen LogP contribution in [0.3, 0.4) is 0 Å². The number of carbonyl (C=O) groups is 2. The summed E-state index contributed by atoms with van der Waals surface area (Å²) in [5.74, 6) is -0.577. The van der Waals surface area contributed by atoms with Crippen LogP contribution in [0.15, 0.2) is 42.7 Å². The molecule has 1 N–H and O–H groups in total. The van der Waals surface area contributed by atoms with Gasteiger partial charge in [0.15, 0.2) is 5.65 Å². The minimum absolute atomic E-state index is 0.0267. The summed E-state index contributed by atoms with van der Waals surface area (Å²) in [6.07, 6.45) is 4.55. The predicted molar refractivity (Wildman–Crippen MR) is 113 cm³/mol. The van der Waals surface area contributed by atoms with Crippen LogP contribution in [0, 0.1) is 5.92 Å². The van der Waals surface area contributed by atoms with Crippen molar-refractivity contribution in [2.45, 2.75) is 39.7 Å². The molecule has 29 heavy (non-hydrogen) atoms. The topological polar surface area (TPSA) is 80.1 Å². The van der Waals surface area contributed by atoms with Crippen LogP contribution in [0.25, 0.3) is 11.0 Å². The van der Waals surface area contributed by atoms with E-state index < -0.39 is 0 Å². The summed E-state index contributed by atoms with van der Waals surface area (Å²) < 4.78 is 1.85. The van der Waals surface area contributed by atoms with Gasteiger partial charge in [0.1, 0.15) is 0 Å². The zero-order valence-electron chi connectivity index (χ0n) is 16.9. The molecule has 0 aliphatic carbocycles. The fraction of sp³-hybridized carbons (Fsp3) is 0.364. The predicted octanol–water partition coefficient (Wildman–Crippen LogP) is 3.57. The number of aryl methyl sites for hydroxylation is 1. The van der Waals surface area contributed by atoms with Gasteiger partial charge in [-0.25, -0.2) is 9.67 Å². The first-order valence-electron chi connectivity index (χ1n) is 9.99. The lowest BCUT2D eigenvalue weighted by Gasteiger charge is -2.17. The number of hydrogen-bond acceptors (Lipinski definition) is 4. The van der Waals surface area contributed by atoms with E-state index in [0.29, 0.717) is 12.2 Å². The minimum Gasteiger partial charge on any atom is -0.324 e. The lowest BCUT2D eigenvalue weighted by molar-refractivity contribution is -0.122.